The van der Waals surface area contributed by atoms with E-state index in [-0.39, 0.29) is 17.9 Å². The van der Waals surface area contributed by atoms with Crippen molar-refractivity contribution in [1.29, 1.82) is 0 Å². The summed E-state index contributed by atoms with van der Waals surface area (Å²) in [7, 11) is 1.66. The highest BCUT2D eigenvalue weighted by atomic mass is 16.5. The van der Waals surface area contributed by atoms with Crippen molar-refractivity contribution in [3.05, 3.63) is 35.9 Å². The van der Waals surface area contributed by atoms with Crippen LogP contribution in [0.5, 0.6) is 0 Å². The van der Waals surface area contributed by atoms with Gasteiger partial charge >= 0.3 is 0 Å². The van der Waals surface area contributed by atoms with Crippen molar-refractivity contribution in [3.63, 3.8) is 0 Å². The van der Waals surface area contributed by atoms with E-state index in [9.17, 15) is 9.59 Å². The summed E-state index contributed by atoms with van der Waals surface area (Å²) in [5.74, 6) is -0.0282. The van der Waals surface area contributed by atoms with Crippen LogP contribution in [-0.4, -0.2) is 62.7 Å². The van der Waals surface area contributed by atoms with E-state index in [1.54, 1.807) is 12.0 Å². The number of hydrogen-bond acceptors (Lipinski definition) is 4. The highest BCUT2D eigenvalue weighted by Gasteiger charge is 2.33. The van der Waals surface area contributed by atoms with Crippen LogP contribution >= 0.6 is 0 Å². The Hall–Kier alpha value is -1.92. The third kappa shape index (κ3) is 5.62. The third-order valence-electron chi connectivity index (χ3n) is 4.16. The maximum atomic E-state index is 12.5. The number of rotatable bonds is 9. The number of amides is 2. The number of carbonyl (C=O) groups excluding carboxylic acids is 2. The molecule has 0 bridgehead atoms. The fourth-order valence-electron chi connectivity index (χ4n) is 2.90. The average Bonchev–Trinajstić information content (AvgIpc) is 3.08. The summed E-state index contributed by atoms with van der Waals surface area (Å²) in [6, 6.07) is 9.32. The Morgan fingerprint density at radius 2 is 2.00 bits per heavy atom. The molecule has 6 heteroatoms. The zero-order chi connectivity index (χ0) is 17.2. The lowest BCUT2D eigenvalue weighted by Crippen LogP contribution is -2.47. The van der Waals surface area contributed by atoms with Crippen molar-refractivity contribution >= 4 is 11.8 Å². The van der Waals surface area contributed by atoms with Crippen LogP contribution < -0.4 is 10.6 Å². The second-order valence-corrected chi connectivity index (χ2v) is 5.94. The highest BCUT2D eigenvalue weighted by molar-refractivity contribution is 5.89. The molecule has 0 saturated carbocycles. The number of likely N-dealkylation sites (tertiary alicyclic amines) is 1. The van der Waals surface area contributed by atoms with Crippen molar-refractivity contribution < 1.29 is 14.3 Å². The minimum absolute atomic E-state index is 0.0251. The van der Waals surface area contributed by atoms with E-state index in [1.807, 2.05) is 30.3 Å². The Balaban J connectivity index is 1.77. The second-order valence-electron chi connectivity index (χ2n) is 5.94. The summed E-state index contributed by atoms with van der Waals surface area (Å²) in [4.78, 5) is 26.6. The molecule has 1 aromatic carbocycles. The predicted molar refractivity (Wildman–Crippen MR) is 92.6 cm³/mol. The molecule has 0 radical (unpaired) electrons. The van der Waals surface area contributed by atoms with Gasteiger partial charge in [-0.15, -0.1) is 0 Å². The van der Waals surface area contributed by atoms with E-state index in [0.717, 1.165) is 24.9 Å². The van der Waals surface area contributed by atoms with E-state index >= 15 is 0 Å². The van der Waals surface area contributed by atoms with Gasteiger partial charge in [-0.3, -0.25) is 9.59 Å². The van der Waals surface area contributed by atoms with Gasteiger partial charge in [-0.1, -0.05) is 30.3 Å². The van der Waals surface area contributed by atoms with Gasteiger partial charge in [0.1, 0.15) is 6.04 Å². The van der Waals surface area contributed by atoms with Crippen LogP contribution in [0.1, 0.15) is 18.4 Å². The topological polar surface area (TPSA) is 70.7 Å². The molecule has 1 saturated heterocycles. The standard InChI is InChI=1S/C18H27N3O3/c1-24-13-11-19-9-10-20-18(23)16-8-5-12-21(16)17(22)14-15-6-3-2-4-7-15/h2-4,6-7,16,19H,5,8-14H2,1H3,(H,20,23). The monoisotopic (exact) mass is 333 g/mol. The number of nitrogens with zero attached hydrogens (tertiary/aromatic N) is 1. The molecule has 0 aliphatic carbocycles. The first kappa shape index (κ1) is 18.4. The molecule has 2 N–H and O–H groups in total. The van der Waals surface area contributed by atoms with Crippen molar-refractivity contribution in [2.75, 3.05) is 39.9 Å². The Kier molecular flexibility index (Phi) is 7.71. The lowest BCUT2D eigenvalue weighted by atomic mass is 10.1. The number of carbonyl (C=O) groups is 2. The third-order valence-corrected chi connectivity index (χ3v) is 4.16. The van der Waals surface area contributed by atoms with Crippen molar-refractivity contribution in [2.45, 2.75) is 25.3 Å². The molecule has 2 amide bonds. The number of nitrogens with one attached hydrogen (secondary N) is 2. The Labute approximate surface area is 143 Å². The quantitative estimate of drug-likeness (QED) is 0.648. The zero-order valence-corrected chi connectivity index (χ0v) is 14.3. The normalized spacial score (nSPS) is 17.0. The largest absolute Gasteiger partial charge is 0.383 e. The highest BCUT2D eigenvalue weighted by Crippen LogP contribution is 2.18. The number of ether oxygens (including phenoxy) is 1. The molecule has 6 nitrogen and oxygen atoms in total. The number of hydrogen-bond donors (Lipinski definition) is 2. The first-order chi connectivity index (χ1) is 11.7. The summed E-state index contributed by atoms with van der Waals surface area (Å²) < 4.78 is 4.95. The van der Waals surface area contributed by atoms with Gasteiger partial charge in [0, 0.05) is 33.3 Å². The van der Waals surface area contributed by atoms with Gasteiger partial charge in [0.05, 0.1) is 13.0 Å². The minimum Gasteiger partial charge on any atom is -0.383 e. The molecular weight excluding hydrogens is 306 g/mol. The van der Waals surface area contributed by atoms with Crippen LogP contribution in [0.4, 0.5) is 0 Å². The first-order valence-corrected chi connectivity index (χ1v) is 8.53. The average molecular weight is 333 g/mol. The van der Waals surface area contributed by atoms with Crippen LogP contribution in [0.2, 0.25) is 0 Å². The Morgan fingerprint density at radius 1 is 1.21 bits per heavy atom. The van der Waals surface area contributed by atoms with Gasteiger partial charge < -0.3 is 20.3 Å². The van der Waals surface area contributed by atoms with Crippen LogP contribution in [0.15, 0.2) is 30.3 Å². The maximum Gasteiger partial charge on any atom is 0.242 e. The fourth-order valence-corrected chi connectivity index (χ4v) is 2.90. The molecule has 1 aliphatic heterocycles. The van der Waals surface area contributed by atoms with Crippen molar-refractivity contribution in [1.82, 2.24) is 15.5 Å². The van der Waals surface area contributed by atoms with Crippen LogP contribution in [0.3, 0.4) is 0 Å². The molecular formula is C18H27N3O3. The van der Waals surface area contributed by atoms with Crippen molar-refractivity contribution in [2.24, 2.45) is 0 Å². The molecule has 0 spiro atoms. The summed E-state index contributed by atoms with van der Waals surface area (Å²) in [6.45, 7) is 3.32. The molecule has 1 heterocycles. The van der Waals surface area contributed by atoms with Gasteiger partial charge in [0.25, 0.3) is 0 Å². The lowest BCUT2D eigenvalue weighted by molar-refractivity contribution is -0.137. The van der Waals surface area contributed by atoms with Crippen molar-refractivity contribution in [3.8, 4) is 0 Å². The zero-order valence-electron chi connectivity index (χ0n) is 14.3. The van der Waals surface area contributed by atoms with E-state index in [0.29, 0.717) is 32.7 Å². The second kappa shape index (κ2) is 10.1. The SMILES string of the molecule is COCCNCCNC(=O)C1CCCN1C(=O)Cc1ccccc1. The smallest absolute Gasteiger partial charge is 0.242 e. The first-order valence-electron chi connectivity index (χ1n) is 8.53. The fraction of sp³-hybridized carbons (Fsp3) is 0.556. The Morgan fingerprint density at radius 3 is 2.75 bits per heavy atom. The van der Waals surface area contributed by atoms with Gasteiger partial charge in [-0.2, -0.15) is 0 Å². The molecule has 1 unspecified atom stereocenters. The molecule has 1 aliphatic rings. The van der Waals surface area contributed by atoms with Gasteiger partial charge in [0.2, 0.25) is 11.8 Å². The van der Waals surface area contributed by atoms with Crippen LogP contribution in [-0.2, 0) is 20.7 Å². The molecule has 132 valence electrons. The lowest BCUT2D eigenvalue weighted by Gasteiger charge is -2.24. The van der Waals surface area contributed by atoms with Gasteiger partial charge in [0.15, 0.2) is 0 Å². The summed E-state index contributed by atoms with van der Waals surface area (Å²) in [5.41, 5.74) is 0.982. The van der Waals surface area contributed by atoms with E-state index in [4.69, 9.17) is 4.74 Å². The van der Waals surface area contributed by atoms with E-state index in [1.165, 1.54) is 0 Å². The van der Waals surface area contributed by atoms with Crippen LogP contribution in [0, 0.1) is 0 Å². The van der Waals surface area contributed by atoms with E-state index < -0.39 is 0 Å². The number of benzene rings is 1. The number of methoxy groups -OCH3 is 1. The molecule has 0 aromatic heterocycles. The minimum atomic E-state index is -0.333. The summed E-state index contributed by atoms with van der Waals surface area (Å²) >= 11 is 0. The van der Waals surface area contributed by atoms with Crippen LogP contribution in [0.25, 0.3) is 0 Å². The predicted octanol–water partition coefficient (Wildman–Crippen LogP) is 0.572. The summed E-state index contributed by atoms with van der Waals surface area (Å²) in [6.07, 6.45) is 1.97. The molecule has 1 fully saturated rings. The molecule has 1 atom stereocenters. The molecule has 1 aromatic rings. The van der Waals surface area contributed by atoms with E-state index in [2.05, 4.69) is 10.6 Å². The van der Waals surface area contributed by atoms with Gasteiger partial charge in [-0.25, -0.2) is 0 Å². The maximum absolute atomic E-state index is 12.5. The Bertz CT molecular complexity index is 522. The van der Waals surface area contributed by atoms with Gasteiger partial charge in [-0.05, 0) is 18.4 Å². The molecule has 2 rings (SSSR count). The molecule has 24 heavy (non-hydrogen) atoms. The summed E-state index contributed by atoms with van der Waals surface area (Å²) in [5, 5.41) is 6.09.